The number of hydrogen-bond donors (Lipinski definition) is 1. The summed E-state index contributed by atoms with van der Waals surface area (Å²) < 4.78 is 11.2. The van der Waals surface area contributed by atoms with E-state index in [1.54, 1.807) is 4.90 Å². The van der Waals surface area contributed by atoms with Crippen LogP contribution in [-0.2, 0) is 32.3 Å². The number of nitrogens with zero attached hydrogens (tertiary/aromatic N) is 2. The zero-order chi connectivity index (χ0) is 27.1. The topological polar surface area (TPSA) is 105 Å². The van der Waals surface area contributed by atoms with Gasteiger partial charge in [-0.25, -0.2) is 0 Å². The first-order valence-corrected chi connectivity index (χ1v) is 12.2. The fourth-order valence-electron chi connectivity index (χ4n) is 4.99. The van der Waals surface area contributed by atoms with Crippen molar-refractivity contribution in [3.8, 4) is 5.75 Å². The highest BCUT2D eigenvalue weighted by Crippen LogP contribution is 2.38. The second kappa shape index (κ2) is 10.4. The molecule has 8 radical (unpaired) electrons. The fraction of sp³-hybridized carbons (Fsp3) is 0.360. The molecule has 2 saturated heterocycles. The van der Waals surface area contributed by atoms with Crippen LogP contribution in [-0.4, -0.2) is 90.6 Å². The largest absolute Gasteiger partial charge is 0.489 e. The first-order valence-electron chi connectivity index (χ1n) is 12.2. The molecular weight excluding hydrogens is 482 g/mol. The van der Waals surface area contributed by atoms with E-state index in [0.717, 1.165) is 11.1 Å². The van der Waals surface area contributed by atoms with Crippen LogP contribution in [0, 0.1) is 0 Å². The number of ether oxygens (including phenoxy) is 2. The lowest BCUT2D eigenvalue weighted by Crippen LogP contribution is -2.53. The fourth-order valence-corrected chi connectivity index (χ4v) is 4.99. The van der Waals surface area contributed by atoms with E-state index in [-0.39, 0.29) is 65.2 Å². The third kappa shape index (κ3) is 4.64. The number of nitrogens with one attached hydrogen (secondary N) is 1. The van der Waals surface area contributed by atoms with Gasteiger partial charge in [-0.2, -0.15) is 0 Å². The molecule has 2 unspecified atom stereocenters. The van der Waals surface area contributed by atoms with Gasteiger partial charge in [0.1, 0.15) is 56.4 Å². The van der Waals surface area contributed by atoms with Crippen LogP contribution in [0.3, 0.4) is 0 Å². The maximum atomic E-state index is 13.4. The first-order chi connectivity index (χ1) is 18.2. The summed E-state index contributed by atoms with van der Waals surface area (Å²) in [5.41, 5.74) is 2.01. The van der Waals surface area contributed by atoms with Crippen molar-refractivity contribution < 1.29 is 28.7 Å². The van der Waals surface area contributed by atoms with E-state index >= 15 is 0 Å². The van der Waals surface area contributed by atoms with Crippen molar-refractivity contribution in [2.24, 2.45) is 0 Å². The number of fused-ring (bicyclic) bond motifs is 1. The minimum absolute atomic E-state index is 0.0186. The summed E-state index contributed by atoms with van der Waals surface area (Å²) in [4.78, 5) is 52.4. The van der Waals surface area contributed by atoms with Gasteiger partial charge >= 0.3 is 0 Å². The van der Waals surface area contributed by atoms with E-state index in [1.165, 1.54) is 4.90 Å². The average Bonchev–Trinajstić information content (AvgIpc) is 3.15. The molecule has 9 nitrogen and oxygen atoms in total. The van der Waals surface area contributed by atoms with E-state index in [4.69, 9.17) is 40.9 Å². The third-order valence-corrected chi connectivity index (χ3v) is 7.06. The quantitative estimate of drug-likeness (QED) is 0.344. The zero-order valence-corrected chi connectivity index (χ0v) is 20.6. The van der Waals surface area contributed by atoms with Gasteiger partial charge in [0, 0.05) is 36.6 Å². The Morgan fingerprint density at radius 3 is 2.39 bits per heavy atom. The Labute approximate surface area is 225 Å². The molecular formula is C25H21B4N3O6. The molecule has 5 rings (SSSR count). The van der Waals surface area contributed by atoms with Crippen LogP contribution in [0.2, 0.25) is 0 Å². The maximum Gasteiger partial charge on any atom is 0.254 e. The Hall–Kier alpha value is -3.46. The van der Waals surface area contributed by atoms with Gasteiger partial charge in [0.25, 0.3) is 5.91 Å². The number of carbonyl (C=O) groups is 4. The van der Waals surface area contributed by atoms with Gasteiger partial charge < -0.3 is 19.3 Å². The standard InChI is InChI=1S/C25H21B4N3O6/c26-19-17-18(23(29)32(25(17)36)14-5-6-15(33)30-24(14)35)22(21(28)20(19)27)38-10-13-3-1-12(2-4-13)9-31-7-8-37-11-16(31)34/h1-4,14,23H,5-11H2,(H,30,33,35). The van der Waals surface area contributed by atoms with Gasteiger partial charge in [-0.1, -0.05) is 35.2 Å². The van der Waals surface area contributed by atoms with E-state index in [9.17, 15) is 19.2 Å². The minimum Gasteiger partial charge on any atom is -0.489 e. The second-order valence-corrected chi connectivity index (χ2v) is 9.46. The van der Waals surface area contributed by atoms with Crippen molar-refractivity contribution in [2.45, 2.75) is 38.0 Å². The Bertz CT molecular complexity index is 1340. The van der Waals surface area contributed by atoms with Crippen LogP contribution in [0.5, 0.6) is 5.75 Å². The van der Waals surface area contributed by atoms with Crippen molar-refractivity contribution in [1.82, 2.24) is 15.1 Å². The third-order valence-electron chi connectivity index (χ3n) is 7.06. The van der Waals surface area contributed by atoms with Crippen LogP contribution in [0.4, 0.5) is 0 Å². The van der Waals surface area contributed by atoms with Crippen LogP contribution in [0.15, 0.2) is 24.3 Å². The second-order valence-electron chi connectivity index (χ2n) is 9.46. The lowest BCUT2D eigenvalue weighted by molar-refractivity contribution is -0.143. The van der Waals surface area contributed by atoms with Gasteiger partial charge in [-0.3, -0.25) is 24.5 Å². The summed E-state index contributed by atoms with van der Waals surface area (Å²) in [6.07, 6.45) is 0.198. The van der Waals surface area contributed by atoms with E-state index < -0.39 is 29.7 Å². The summed E-state index contributed by atoms with van der Waals surface area (Å²) in [6.45, 7) is 1.71. The van der Waals surface area contributed by atoms with Crippen molar-refractivity contribution >= 4 is 71.4 Å². The molecule has 3 aliphatic heterocycles. The first kappa shape index (κ1) is 26.2. The number of morpholine rings is 1. The molecule has 3 heterocycles. The van der Waals surface area contributed by atoms with Gasteiger partial charge in [0.15, 0.2) is 0 Å². The molecule has 2 aromatic rings. The van der Waals surface area contributed by atoms with E-state index in [0.29, 0.717) is 19.7 Å². The zero-order valence-electron chi connectivity index (χ0n) is 20.6. The van der Waals surface area contributed by atoms with E-state index in [1.807, 2.05) is 24.3 Å². The number of benzene rings is 2. The number of hydrogen-bond acceptors (Lipinski definition) is 6. The van der Waals surface area contributed by atoms with Crippen LogP contribution < -0.4 is 26.4 Å². The highest BCUT2D eigenvalue weighted by Gasteiger charge is 2.45. The lowest BCUT2D eigenvalue weighted by Gasteiger charge is -2.33. The molecule has 0 aliphatic carbocycles. The summed E-state index contributed by atoms with van der Waals surface area (Å²) in [5, 5.41) is 2.24. The average molecular weight is 503 g/mol. The number of carbonyl (C=O) groups excluding carboxylic acids is 4. The monoisotopic (exact) mass is 503 g/mol. The summed E-state index contributed by atoms with van der Waals surface area (Å²) in [6, 6.07) is 6.55. The molecule has 1 N–H and O–H groups in total. The lowest BCUT2D eigenvalue weighted by atomic mass is 9.67. The van der Waals surface area contributed by atoms with Crippen molar-refractivity contribution in [2.75, 3.05) is 19.8 Å². The van der Waals surface area contributed by atoms with Crippen molar-refractivity contribution in [1.29, 1.82) is 0 Å². The maximum absolute atomic E-state index is 13.4. The molecule has 2 fully saturated rings. The van der Waals surface area contributed by atoms with Gasteiger partial charge in [-0.15, -0.1) is 5.46 Å². The SMILES string of the molecule is [B]c1c([B])c(OCc2ccc(CN3CCOCC3=O)cc2)c2c(c1[B])C(=O)N(C1CCC(=O)NC1=O)C2[B]. The Morgan fingerprint density at radius 2 is 1.71 bits per heavy atom. The van der Waals surface area contributed by atoms with Gasteiger partial charge in [0.05, 0.1) is 6.61 Å². The Balaban J connectivity index is 1.37. The molecule has 13 heteroatoms. The summed E-state index contributed by atoms with van der Waals surface area (Å²) in [7, 11) is 25.0. The minimum atomic E-state index is -1.09. The van der Waals surface area contributed by atoms with Gasteiger partial charge in [0.2, 0.25) is 17.7 Å². The number of imide groups is 1. The molecule has 2 atom stereocenters. The number of amides is 4. The Kier molecular flexibility index (Phi) is 7.13. The highest BCUT2D eigenvalue weighted by molar-refractivity contribution is 6.60. The molecule has 0 spiro atoms. The summed E-state index contributed by atoms with van der Waals surface area (Å²) >= 11 is 0. The van der Waals surface area contributed by atoms with Crippen LogP contribution >= 0.6 is 0 Å². The predicted molar refractivity (Wildman–Crippen MR) is 140 cm³/mol. The number of piperidine rings is 1. The molecule has 0 saturated carbocycles. The highest BCUT2D eigenvalue weighted by atomic mass is 16.5. The van der Waals surface area contributed by atoms with Crippen molar-refractivity contribution in [3.63, 3.8) is 0 Å². The molecule has 2 aromatic carbocycles. The summed E-state index contributed by atoms with van der Waals surface area (Å²) in [5.74, 6) is -2.63. The number of rotatable bonds is 6. The molecule has 0 aromatic heterocycles. The van der Waals surface area contributed by atoms with Crippen molar-refractivity contribution in [3.05, 3.63) is 46.5 Å². The van der Waals surface area contributed by atoms with Crippen LogP contribution in [0.1, 0.15) is 45.8 Å². The Morgan fingerprint density at radius 1 is 1.00 bits per heavy atom. The molecule has 38 heavy (non-hydrogen) atoms. The molecule has 184 valence electrons. The van der Waals surface area contributed by atoms with E-state index in [2.05, 4.69) is 5.32 Å². The molecule has 3 aliphatic rings. The smallest absolute Gasteiger partial charge is 0.254 e. The molecule has 4 amide bonds. The predicted octanol–water partition coefficient (Wildman–Crippen LogP) is -2.57. The normalized spacial score (nSPS) is 21.5. The van der Waals surface area contributed by atoms with Crippen LogP contribution in [0.25, 0.3) is 0 Å². The molecule has 0 bridgehead atoms. The van der Waals surface area contributed by atoms with Gasteiger partial charge in [-0.05, 0) is 17.5 Å².